The molecule has 1 aromatic carbocycles. The molecule has 0 unspecified atom stereocenters. The molecule has 94 valence electrons. The SMILES string of the molecule is C=CC(=O)Nc1cc(C)c(C2OC=CO2)cc1C. The fourth-order valence-corrected chi connectivity index (χ4v) is 1.80. The lowest BCUT2D eigenvalue weighted by Crippen LogP contribution is -2.10. The van der Waals surface area contributed by atoms with Gasteiger partial charge in [0.05, 0.1) is 0 Å². The van der Waals surface area contributed by atoms with E-state index in [1.807, 2.05) is 26.0 Å². The van der Waals surface area contributed by atoms with Gasteiger partial charge in [-0.05, 0) is 43.2 Å². The Morgan fingerprint density at radius 3 is 2.56 bits per heavy atom. The van der Waals surface area contributed by atoms with E-state index in [4.69, 9.17) is 9.47 Å². The van der Waals surface area contributed by atoms with E-state index in [9.17, 15) is 4.79 Å². The van der Waals surface area contributed by atoms with Gasteiger partial charge in [-0.3, -0.25) is 4.79 Å². The van der Waals surface area contributed by atoms with Crippen LogP contribution >= 0.6 is 0 Å². The average molecular weight is 245 g/mol. The first-order valence-corrected chi connectivity index (χ1v) is 5.62. The summed E-state index contributed by atoms with van der Waals surface area (Å²) in [7, 11) is 0. The summed E-state index contributed by atoms with van der Waals surface area (Å²) in [5, 5.41) is 2.76. The van der Waals surface area contributed by atoms with Crippen LogP contribution in [-0.4, -0.2) is 5.91 Å². The molecule has 0 saturated carbocycles. The lowest BCUT2D eigenvalue weighted by Gasteiger charge is -2.16. The summed E-state index contributed by atoms with van der Waals surface area (Å²) in [5.41, 5.74) is 3.67. The van der Waals surface area contributed by atoms with E-state index < -0.39 is 6.29 Å². The second kappa shape index (κ2) is 4.96. The first-order chi connectivity index (χ1) is 8.61. The van der Waals surface area contributed by atoms with Crippen LogP contribution in [0.3, 0.4) is 0 Å². The number of aryl methyl sites for hydroxylation is 2. The number of anilines is 1. The first kappa shape index (κ1) is 12.2. The molecule has 4 heteroatoms. The van der Waals surface area contributed by atoms with Gasteiger partial charge in [0.15, 0.2) is 0 Å². The van der Waals surface area contributed by atoms with Crippen molar-refractivity contribution in [2.45, 2.75) is 20.1 Å². The minimum Gasteiger partial charge on any atom is -0.455 e. The highest BCUT2D eigenvalue weighted by Gasteiger charge is 2.19. The minimum absolute atomic E-state index is 0.222. The van der Waals surface area contributed by atoms with Crippen molar-refractivity contribution in [2.24, 2.45) is 0 Å². The second-order valence-corrected chi connectivity index (χ2v) is 4.09. The maximum absolute atomic E-state index is 11.3. The topological polar surface area (TPSA) is 47.6 Å². The van der Waals surface area contributed by atoms with E-state index in [1.165, 1.54) is 18.6 Å². The Morgan fingerprint density at radius 1 is 1.28 bits per heavy atom. The van der Waals surface area contributed by atoms with Gasteiger partial charge in [0.2, 0.25) is 5.91 Å². The Kier molecular flexibility index (Phi) is 3.37. The number of benzene rings is 1. The Hall–Kier alpha value is -2.23. The highest BCUT2D eigenvalue weighted by atomic mass is 16.7. The van der Waals surface area contributed by atoms with E-state index >= 15 is 0 Å². The Morgan fingerprint density at radius 2 is 1.94 bits per heavy atom. The molecule has 18 heavy (non-hydrogen) atoms. The van der Waals surface area contributed by atoms with Gasteiger partial charge in [0.25, 0.3) is 6.29 Å². The largest absolute Gasteiger partial charge is 0.455 e. The molecule has 0 atom stereocenters. The van der Waals surface area contributed by atoms with Crippen molar-refractivity contribution in [3.63, 3.8) is 0 Å². The molecular weight excluding hydrogens is 230 g/mol. The van der Waals surface area contributed by atoms with Crippen molar-refractivity contribution in [1.29, 1.82) is 0 Å². The quantitative estimate of drug-likeness (QED) is 0.833. The standard InChI is InChI=1S/C14H15NO3/c1-4-13(16)15-12-8-9(2)11(7-10(12)3)14-17-5-6-18-14/h4-8,14H,1H2,2-3H3,(H,15,16). The van der Waals surface area contributed by atoms with Crippen molar-refractivity contribution in [2.75, 3.05) is 5.32 Å². The van der Waals surface area contributed by atoms with Gasteiger partial charge in [0, 0.05) is 11.3 Å². The molecule has 4 nitrogen and oxygen atoms in total. The molecule has 0 saturated heterocycles. The Labute approximate surface area is 106 Å². The van der Waals surface area contributed by atoms with Crippen LogP contribution in [0.1, 0.15) is 23.0 Å². The van der Waals surface area contributed by atoms with Crippen LogP contribution in [0, 0.1) is 13.8 Å². The molecule has 1 aliphatic rings. The van der Waals surface area contributed by atoms with Crippen molar-refractivity contribution < 1.29 is 14.3 Å². The van der Waals surface area contributed by atoms with Crippen LogP contribution in [0.4, 0.5) is 5.69 Å². The lowest BCUT2D eigenvalue weighted by molar-refractivity contribution is -0.111. The third kappa shape index (κ3) is 2.37. The highest BCUT2D eigenvalue weighted by Crippen LogP contribution is 2.30. The third-order valence-electron chi connectivity index (χ3n) is 2.77. The normalized spacial score (nSPS) is 13.9. The lowest BCUT2D eigenvalue weighted by atomic mass is 10.0. The van der Waals surface area contributed by atoms with Crippen molar-refractivity contribution in [3.05, 3.63) is 54.0 Å². The second-order valence-electron chi connectivity index (χ2n) is 4.09. The van der Waals surface area contributed by atoms with Gasteiger partial charge < -0.3 is 14.8 Å². The third-order valence-corrected chi connectivity index (χ3v) is 2.77. The molecule has 0 bridgehead atoms. The zero-order chi connectivity index (χ0) is 13.1. The summed E-state index contributed by atoms with van der Waals surface area (Å²) >= 11 is 0. The Bertz CT molecular complexity index is 512. The molecule has 1 amide bonds. The Balaban J connectivity index is 2.28. The van der Waals surface area contributed by atoms with Crippen LogP contribution in [0.5, 0.6) is 0 Å². The molecule has 0 aliphatic carbocycles. The summed E-state index contributed by atoms with van der Waals surface area (Å²) in [6.45, 7) is 7.30. The van der Waals surface area contributed by atoms with Gasteiger partial charge >= 0.3 is 0 Å². The summed E-state index contributed by atoms with van der Waals surface area (Å²) in [6.07, 6.45) is 3.89. The van der Waals surface area contributed by atoms with Crippen molar-refractivity contribution in [3.8, 4) is 0 Å². The van der Waals surface area contributed by atoms with Gasteiger partial charge in [-0.2, -0.15) is 0 Å². The summed E-state index contributed by atoms with van der Waals surface area (Å²) in [4.78, 5) is 11.3. The molecule has 0 aromatic heterocycles. The molecular formula is C14H15NO3. The van der Waals surface area contributed by atoms with Crippen LogP contribution < -0.4 is 5.32 Å². The number of carbonyl (C=O) groups is 1. The number of ether oxygens (including phenoxy) is 2. The fourth-order valence-electron chi connectivity index (χ4n) is 1.80. The predicted molar refractivity (Wildman–Crippen MR) is 68.8 cm³/mol. The molecule has 2 rings (SSSR count). The molecule has 1 heterocycles. The molecule has 1 aliphatic heterocycles. The van der Waals surface area contributed by atoms with E-state index in [0.29, 0.717) is 0 Å². The number of hydrogen-bond acceptors (Lipinski definition) is 3. The van der Waals surface area contributed by atoms with Crippen LogP contribution in [0.15, 0.2) is 37.3 Å². The predicted octanol–water partition coefficient (Wildman–Crippen LogP) is 2.94. The highest BCUT2D eigenvalue weighted by molar-refractivity contribution is 5.99. The van der Waals surface area contributed by atoms with Gasteiger partial charge in [-0.25, -0.2) is 0 Å². The summed E-state index contributed by atoms with van der Waals surface area (Å²) in [6, 6.07) is 3.85. The van der Waals surface area contributed by atoms with E-state index in [1.54, 1.807) is 0 Å². The van der Waals surface area contributed by atoms with Gasteiger partial charge in [-0.1, -0.05) is 6.58 Å². The summed E-state index contributed by atoms with van der Waals surface area (Å²) < 4.78 is 10.6. The van der Waals surface area contributed by atoms with Gasteiger partial charge in [-0.15, -0.1) is 0 Å². The molecule has 1 N–H and O–H groups in total. The van der Waals surface area contributed by atoms with Crippen LogP contribution in [0.2, 0.25) is 0 Å². The maximum Gasteiger partial charge on any atom is 0.266 e. The van der Waals surface area contributed by atoms with Crippen molar-refractivity contribution in [1.82, 2.24) is 0 Å². The minimum atomic E-state index is -0.396. The monoisotopic (exact) mass is 245 g/mol. The number of amides is 1. The summed E-state index contributed by atoms with van der Waals surface area (Å²) in [5.74, 6) is -0.222. The number of carbonyl (C=O) groups excluding carboxylic acids is 1. The maximum atomic E-state index is 11.3. The molecule has 0 radical (unpaired) electrons. The smallest absolute Gasteiger partial charge is 0.266 e. The van der Waals surface area contributed by atoms with E-state index in [2.05, 4.69) is 11.9 Å². The van der Waals surface area contributed by atoms with E-state index in [0.717, 1.165) is 22.4 Å². The van der Waals surface area contributed by atoms with Crippen LogP contribution in [0.25, 0.3) is 0 Å². The number of rotatable bonds is 3. The zero-order valence-corrected chi connectivity index (χ0v) is 10.4. The first-order valence-electron chi connectivity index (χ1n) is 5.62. The van der Waals surface area contributed by atoms with Gasteiger partial charge in [0.1, 0.15) is 12.5 Å². The molecule has 0 spiro atoms. The van der Waals surface area contributed by atoms with Crippen LogP contribution in [-0.2, 0) is 14.3 Å². The average Bonchev–Trinajstić information content (AvgIpc) is 2.86. The van der Waals surface area contributed by atoms with Crippen molar-refractivity contribution >= 4 is 11.6 Å². The van der Waals surface area contributed by atoms with E-state index in [-0.39, 0.29) is 5.91 Å². The zero-order valence-electron chi connectivity index (χ0n) is 10.4. The number of nitrogens with one attached hydrogen (secondary N) is 1. The molecule has 0 fully saturated rings. The molecule has 1 aromatic rings. The number of hydrogen-bond donors (Lipinski definition) is 1. The fraction of sp³-hybridized carbons (Fsp3) is 0.214.